The van der Waals surface area contributed by atoms with Gasteiger partial charge in [0.1, 0.15) is 5.75 Å². The number of nitrogens with zero attached hydrogens (tertiary/aromatic N) is 4. The number of carbonyl (C=O) groups is 1. The first-order valence-corrected chi connectivity index (χ1v) is 14.8. The topological polar surface area (TPSA) is 92.7 Å². The zero-order valence-corrected chi connectivity index (χ0v) is 23.2. The summed E-state index contributed by atoms with van der Waals surface area (Å²) in [7, 11) is -2.03. The third-order valence-corrected chi connectivity index (χ3v) is 9.57. The lowest BCUT2D eigenvalue weighted by Gasteiger charge is -2.34. The average molecular weight is 551 g/mol. The minimum Gasteiger partial charge on any atom is -0.497 e. The maximum absolute atomic E-state index is 13.8. The van der Waals surface area contributed by atoms with Crippen LogP contribution >= 0.6 is 11.3 Å². The van der Waals surface area contributed by atoms with E-state index in [9.17, 15) is 13.2 Å². The van der Waals surface area contributed by atoms with E-state index < -0.39 is 10.0 Å². The second kappa shape index (κ2) is 10.8. The number of aromatic nitrogens is 2. The summed E-state index contributed by atoms with van der Waals surface area (Å²) in [6, 6.07) is 17.3. The molecule has 0 bridgehead atoms. The fourth-order valence-corrected chi connectivity index (χ4v) is 7.56. The minimum atomic E-state index is -3.64. The highest BCUT2D eigenvalue weighted by molar-refractivity contribution is 7.89. The second-order valence-electron chi connectivity index (χ2n) is 9.83. The minimum absolute atomic E-state index is 0.193. The van der Waals surface area contributed by atoms with Crippen molar-refractivity contribution in [3.8, 4) is 5.75 Å². The van der Waals surface area contributed by atoms with Crippen molar-refractivity contribution in [2.75, 3.05) is 25.1 Å². The molecule has 5 rings (SSSR count). The van der Waals surface area contributed by atoms with Crippen molar-refractivity contribution in [1.29, 1.82) is 0 Å². The van der Waals surface area contributed by atoms with E-state index in [4.69, 9.17) is 9.72 Å². The molecule has 2 atom stereocenters. The summed E-state index contributed by atoms with van der Waals surface area (Å²) in [5, 5.41) is 0.525. The van der Waals surface area contributed by atoms with Gasteiger partial charge in [-0.1, -0.05) is 31.3 Å². The molecule has 1 aliphatic heterocycles. The van der Waals surface area contributed by atoms with Gasteiger partial charge >= 0.3 is 0 Å². The van der Waals surface area contributed by atoms with Crippen molar-refractivity contribution in [1.82, 2.24) is 14.3 Å². The summed E-state index contributed by atoms with van der Waals surface area (Å²) >= 11 is 1.39. The maximum atomic E-state index is 13.8. The largest absolute Gasteiger partial charge is 0.497 e. The average Bonchev–Trinajstić information content (AvgIpc) is 3.34. The Hall–Kier alpha value is -3.34. The normalized spacial score (nSPS) is 18.4. The molecule has 0 spiro atoms. The Morgan fingerprint density at radius 1 is 1.08 bits per heavy atom. The number of hydrogen-bond donors (Lipinski definition) is 0. The lowest BCUT2D eigenvalue weighted by atomic mass is 9.94. The standard InChI is InChI=1S/C28H30N4O4S2/c1-19-14-20(2)17-31(16-19)38(34,35)24-10-7-21(8-11-24)27(33)32(18-22-6-4-5-13-29-22)28-30-25-12-9-23(36-3)15-26(25)37-28/h4-13,15,19-20H,14,16-18H2,1-3H3. The van der Waals surface area contributed by atoms with Gasteiger partial charge in [-0.25, -0.2) is 13.4 Å². The van der Waals surface area contributed by atoms with Crippen molar-refractivity contribution in [3.05, 3.63) is 78.1 Å². The smallest absolute Gasteiger partial charge is 0.260 e. The first kappa shape index (κ1) is 26.3. The predicted octanol–water partition coefficient (Wildman–Crippen LogP) is 5.21. The van der Waals surface area contributed by atoms with Crippen LogP contribution < -0.4 is 9.64 Å². The number of piperidine rings is 1. The van der Waals surface area contributed by atoms with Crippen LogP contribution in [0.5, 0.6) is 5.75 Å². The Kier molecular flexibility index (Phi) is 7.47. The van der Waals surface area contributed by atoms with Crippen LogP contribution in [-0.2, 0) is 16.6 Å². The maximum Gasteiger partial charge on any atom is 0.260 e. The van der Waals surface area contributed by atoms with Crippen LogP contribution in [0.25, 0.3) is 10.2 Å². The van der Waals surface area contributed by atoms with Crippen molar-refractivity contribution in [2.45, 2.75) is 31.7 Å². The molecule has 2 unspecified atom stereocenters. The molecule has 0 saturated carbocycles. The number of rotatable bonds is 7. The van der Waals surface area contributed by atoms with Crippen LogP contribution in [0.4, 0.5) is 5.13 Å². The molecule has 1 aliphatic rings. The second-order valence-corrected chi connectivity index (χ2v) is 12.8. The zero-order chi connectivity index (χ0) is 26.9. The molecule has 38 heavy (non-hydrogen) atoms. The third kappa shape index (κ3) is 5.43. The van der Waals surface area contributed by atoms with Crippen LogP contribution in [0, 0.1) is 11.8 Å². The van der Waals surface area contributed by atoms with E-state index in [0.717, 1.165) is 16.6 Å². The monoisotopic (exact) mass is 550 g/mol. The van der Waals surface area contributed by atoms with E-state index in [-0.39, 0.29) is 17.3 Å². The van der Waals surface area contributed by atoms with E-state index >= 15 is 0 Å². The summed E-state index contributed by atoms with van der Waals surface area (Å²) in [5.41, 5.74) is 1.85. The lowest BCUT2D eigenvalue weighted by molar-refractivity contribution is 0.0984. The van der Waals surface area contributed by atoms with Gasteiger partial charge in [0, 0.05) is 24.8 Å². The summed E-state index contributed by atoms with van der Waals surface area (Å²) < 4.78 is 34.4. The quantitative estimate of drug-likeness (QED) is 0.314. The molecule has 8 nitrogen and oxygen atoms in total. The molecule has 1 saturated heterocycles. The van der Waals surface area contributed by atoms with E-state index in [2.05, 4.69) is 18.8 Å². The van der Waals surface area contributed by atoms with Gasteiger partial charge in [-0.2, -0.15) is 4.31 Å². The molecule has 198 valence electrons. The zero-order valence-electron chi connectivity index (χ0n) is 21.6. The van der Waals surface area contributed by atoms with Crippen molar-refractivity contribution < 1.29 is 17.9 Å². The summed E-state index contributed by atoms with van der Waals surface area (Å²) in [4.78, 5) is 24.6. The van der Waals surface area contributed by atoms with Crippen molar-refractivity contribution in [2.24, 2.45) is 11.8 Å². The number of pyridine rings is 1. The van der Waals surface area contributed by atoms with Crippen molar-refractivity contribution >= 4 is 42.6 Å². The number of sulfonamides is 1. The van der Waals surface area contributed by atoms with Gasteiger partial charge in [-0.05, 0) is 72.9 Å². The van der Waals surface area contributed by atoms with Gasteiger partial charge in [-0.3, -0.25) is 14.7 Å². The van der Waals surface area contributed by atoms with E-state index in [1.54, 1.807) is 34.6 Å². The number of methoxy groups -OCH3 is 1. The summed E-state index contributed by atoms with van der Waals surface area (Å²) in [6.07, 6.45) is 2.70. The fraction of sp³-hybridized carbons (Fsp3) is 0.321. The van der Waals surface area contributed by atoms with Gasteiger partial charge in [0.25, 0.3) is 5.91 Å². The number of fused-ring (bicyclic) bond motifs is 1. The third-order valence-electron chi connectivity index (χ3n) is 6.68. The van der Waals surface area contributed by atoms with E-state index in [1.807, 2.05) is 36.4 Å². The number of ether oxygens (including phenoxy) is 1. The van der Waals surface area contributed by atoms with Gasteiger partial charge in [0.15, 0.2) is 5.13 Å². The van der Waals surface area contributed by atoms with Gasteiger partial charge < -0.3 is 4.74 Å². The highest BCUT2D eigenvalue weighted by Gasteiger charge is 2.32. The number of carbonyl (C=O) groups excluding carboxylic acids is 1. The molecule has 10 heteroatoms. The molecule has 1 amide bonds. The van der Waals surface area contributed by atoms with Crippen LogP contribution in [0.15, 0.2) is 71.8 Å². The first-order valence-electron chi connectivity index (χ1n) is 12.5. The Bertz CT molecular complexity index is 1530. The van der Waals surface area contributed by atoms with E-state index in [1.165, 1.54) is 23.5 Å². The number of amides is 1. The lowest BCUT2D eigenvalue weighted by Crippen LogP contribution is -2.42. The molecule has 0 radical (unpaired) electrons. The van der Waals surface area contributed by atoms with Crippen molar-refractivity contribution in [3.63, 3.8) is 0 Å². The van der Waals surface area contributed by atoms with Crippen LogP contribution in [0.3, 0.4) is 0 Å². The Morgan fingerprint density at radius 3 is 2.47 bits per heavy atom. The number of anilines is 1. The summed E-state index contributed by atoms with van der Waals surface area (Å²) in [6.45, 7) is 5.39. The first-order chi connectivity index (χ1) is 18.2. The molecule has 0 N–H and O–H groups in total. The van der Waals surface area contributed by atoms with Crippen LogP contribution in [0.2, 0.25) is 0 Å². The Balaban J connectivity index is 1.45. The number of thiazole rings is 1. The summed E-state index contributed by atoms with van der Waals surface area (Å²) in [5.74, 6) is 1.04. The Morgan fingerprint density at radius 2 is 1.82 bits per heavy atom. The van der Waals surface area contributed by atoms with Crippen LogP contribution in [0.1, 0.15) is 36.3 Å². The van der Waals surface area contributed by atoms with E-state index in [0.29, 0.717) is 47.1 Å². The molecule has 4 aromatic rings. The highest BCUT2D eigenvalue weighted by Crippen LogP contribution is 2.33. The molecule has 2 aromatic heterocycles. The van der Waals surface area contributed by atoms with Crippen LogP contribution in [-0.4, -0.2) is 48.8 Å². The van der Waals surface area contributed by atoms with Gasteiger partial charge in [0.2, 0.25) is 10.0 Å². The molecule has 3 heterocycles. The molecule has 1 fully saturated rings. The Labute approximate surface area is 227 Å². The highest BCUT2D eigenvalue weighted by atomic mass is 32.2. The number of benzene rings is 2. The molecule has 2 aromatic carbocycles. The molecular weight excluding hydrogens is 520 g/mol. The predicted molar refractivity (Wildman–Crippen MR) is 149 cm³/mol. The van der Waals surface area contributed by atoms with Gasteiger partial charge in [-0.15, -0.1) is 0 Å². The molecule has 0 aliphatic carbocycles. The SMILES string of the molecule is COc1ccc2nc(N(Cc3ccccn3)C(=O)c3ccc(S(=O)(=O)N4CC(C)CC(C)C4)cc3)sc2c1. The number of hydrogen-bond acceptors (Lipinski definition) is 7. The molecular formula is C28H30N4O4S2. The van der Waals surface area contributed by atoms with Gasteiger partial charge in [0.05, 0.1) is 34.5 Å². The fourth-order valence-electron chi connectivity index (χ4n) is 4.89.